The average Bonchev–Trinajstić information content (AvgIpc) is 2.03. The van der Waals surface area contributed by atoms with E-state index in [4.69, 9.17) is 16.8 Å². The number of rotatable bonds is 2. The highest BCUT2D eigenvalue weighted by molar-refractivity contribution is 6.18. The van der Waals surface area contributed by atoms with E-state index in [1.807, 2.05) is 19.1 Å². The van der Waals surface area contributed by atoms with Gasteiger partial charge in [0.1, 0.15) is 6.00 Å². The first-order chi connectivity index (χ1) is 5.24. The van der Waals surface area contributed by atoms with Gasteiger partial charge < -0.3 is 0 Å². The van der Waals surface area contributed by atoms with Crippen LogP contribution >= 0.6 is 11.6 Å². The number of halogens is 1. The molecule has 1 N–H and O–H groups in total. The van der Waals surface area contributed by atoms with Crippen LogP contribution in [0.25, 0.3) is 0 Å². The van der Waals surface area contributed by atoms with Crippen molar-refractivity contribution in [2.24, 2.45) is 0 Å². The largest absolute Gasteiger partial charge is 0.286 e. The van der Waals surface area contributed by atoms with Crippen LogP contribution in [0.5, 0.6) is 0 Å². The molecule has 0 aliphatic carbocycles. The van der Waals surface area contributed by atoms with Crippen molar-refractivity contribution in [2.75, 3.05) is 11.1 Å². The Balaban J connectivity index is 2.86. The predicted octanol–water partition coefficient (Wildman–Crippen LogP) is 1.78. The van der Waals surface area contributed by atoms with Crippen LogP contribution in [0.1, 0.15) is 5.69 Å². The van der Waals surface area contributed by atoms with E-state index in [1.54, 1.807) is 6.07 Å². The van der Waals surface area contributed by atoms with Crippen LogP contribution in [0.4, 0.5) is 5.82 Å². The van der Waals surface area contributed by atoms with E-state index < -0.39 is 0 Å². The lowest BCUT2D eigenvalue weighted by molar-refractivity contribution is 0.269. The van der Waals surface area contributed by atoms with Crippen molar-refractivity contribution in [3.63, 3.8) is 0 Å². The quantitative estimate of drug-likeness (QED) is 0.420. The fraction of sp³-hybridized carbons (Fsp3) is 0.286. The Morgan fingerprint density at radius 3 is 2.91 bits per heavy atom. The predicted molar refractivity (Wildman–Crippen MR) is 44.0 cm³/mol. The molecule has 0 saturated carbocycles. The van der Waals surface area contributed by atoms with Gasteiger partial charge in [0.15, 0.2) is 5.82 Å². The third-order valence-corrected chi connectivity index (χ3v) is 1.48. The van der Waals surface area contributed by atoms with E-state index in [0.717, 1.165) is 10.8 Å². The van der Waals surface area contributed by atoms with Crippen LogP contribution in [0.2, 0.25) is 0 Å². The number of hydrogen-bond donors (Lipinski definition) is 1. The van der Waals surface area contributed by atoms with Gasteiger partial charge in [-0.15, -0.1) is 11.6 Å². The van der Waals surface area contributed by atoms with Crippen LogP contribution in [0.15, 0.2) is 18.2 Å². The summed E-state index contributed by atoms with van der Waals surface area (Å²) in [5, 5.41) is 9.98. The molecule has 0 unspecified atom stereocenters. The molecule has 1 heterocycles. The zero-order chi connectivity index (χ0) is 8.27. The second-order valence-corrected chi connectivity index (χ2v) is 2.40. The van der Waals surface area contributed by atoms with E-state index >= 15 is 0 Å². The Morgan fingerprint density at radius 1 is 1.64 bits per heavy atom. The molecule has 0 saturated heterocycles. The van der Waals surface area contributed by atoms with Crippen LogP contribution in [0.3, 0.4) is 0 Å². The number of alkyl halides is 1. The average molecular weight is 173 g/mol. The monoisotopic (exact) mass is 172 g/mol. The Labute approximate surface area is 70.2 Å². The molecule has 0 aliphatic rings. The molecule has 0 bridgehead atoms. The van der Waals surface area contributed by atoms with Crippen LogP contribution in [-0.4, -0.2) is 16.2 Å². The minimum atomic E-state index is 0.0243. The third-order valence-electron chi connectivity index (χ3n) is 1.25. The molecule has 4 heteroatoms. The Morgan fingerprint density at radius 2 is 2.36 bits per heavy atom. The molecule has 1 aromatic rings. The second-order valence-electron chi connectivity index (χ2n) is 2.16. The van der Waals surface area contributed by atoms with Gasteiger partial charge in [0.25, 0.3) is 0 Å². The van der Waals surface area contributed by atoms with E-state index in [2.05, 4.69) is 4.98 Å². The Kier molecular flexibility index (Phi) is 2.68. The van der Waals surface area contributed by atoms with Crippen molar-refractivity contribution in [1.82, 2.24) is 4.98 Å². The minimum absolute atomic E-state index is 0.0243. The molecule has 0 aromatic carbocycles. The Hall–Kier alpha value is -0.800. The molecule has 0 amide bonds. The van der Waals surface area contributed by atoms with Crippen molar-refractivity contribution in [2.45, 2.75) is 6.92 Å². The van der Waals surface area contributed by atoms with Crippen molar-refractivity contribution in [3.8, 4) is 0 Å². The molecule has 0 fully saturated rings. The molecule has 0 radical (unpaired) electrons. The molecule has 1 rings (SSSR count). The molecule has 60 valence electrons. The number of hydrogen-bond acceptors (Lipinski definition) is 3. The highest BCUT2D eigenvalue weighted by Gasteiger charge is 2.00. The summed E-state index contributed by atoms with van der Waals surface area (Å²) in [5.74, 6) is 0.472. The van der Waals surface area contributed by atoms with Gasteiger partial charge in [0, 0.05) is 5.69 Å². The first-order valence-corrected chi connectivity index (χ1v) is 3.73. The maximum Gasteiger partial charge on any atom is 0.153 e. The number of aromatic nitrogens is 1. The summed E-state index contributed by atoms with van der Waals surface area (Å²) in [7, 11) is 0. The summed E-state index contributed by atoms with van der Waals surface area (Å²) in [4.78, 5) is 4.04. The van der Waals surface area contributed by atoms with Crippen molar-refractivity contribution >= 4 is 17.4 Å². The summed E-state index contributed by atoms with van der Waals surface area (Å²) in [5.41, 5.74) is 0.853. The molecule has 0 aliphatic heterocycles. The molecular formula is C7H9ClN2O. The van der Waals surface area contributed by atoms with Crippen molar-refractivity contribution in [1.29, 1.82) is 0 Å². The van der Waals surface area contributed by atoms with Gasteiger partial charge in [-0.2, -0.15) is 0 Å². The number of pyridine rings is 1. The summed E-state index contributed by atoms with van der Waals surface area (Å²) in [6, 6.07) is 5.38. The van der Waals surface area contributed by atoms with E-state index in [0.29, 0.717) is 5.82 Å². The number of nitrogens with zero attached hydrogens (tertiary/aromatic N) is 2. The fourth-order valence-corrected chi connectivity index (χ4v) is 0.856. The van der Waals surface area contributed by atoms with Gasteiger partial charge >= 0.3 is 0 Å². The van der Waals surface area contributed by atoms with E-state index in [1.165, 1.54) is 0 Å². The smallest absolute Gasteiger partial charge is 0.153 e. The normalized spacial score (nSPS) is 9.73. The highest BCUT2D eigenvalue weighted by atomic mass is 35.5. The third kappa shape index (κ3) is 2.06. The minimum Gasteiger partial charge on any atom is -0.286 e. The zero-order valence-electron chi connectivity index (χ0n) is 6.16. The molecular weight excluding hydrogens is 164 g/mol. The van der Waals surface area contributed by atoms with Crippen LogP contribution in [-0.2, 0) is 0 Å². The van der Waals surface area contributed by atoms with Gasteiger partial charge in [0.05, 0.1) is 0 Å². The van der Waals surface area contributed by atoms with Gasteiger partial charge in [-0.1, -0.05) is 6.07 Å². The molecule has 3 nitrogen and oxygen atoms in total. The highest BCUT2D eigenvalue weighted by Crippen LogP contribution is 2.08. The topological polar surface area (TPSA) is 36.4 Å². The Bertz CT molecular complexity index is 242. The molecule has 0 spiro atoms. The maximum atomic E-state index is 9.09. The fourth-order valence-electron chi connectivity index (χ4n) is 0.734. The van der Waals surface area contributed by atoms with Gasteiger partial charge in [-0.3, -0.25) is 5.21 Å². The summed E-state index contributed by atoms with van der Waals surface area (Å²) in [6.07, 6.45) is 0. The maximum absolute atomic E-state index is 9.09. The van der Waals surface area contributed by atoms with Crippen molar-refractivity contribution < 1.29 is 5.21 Å². The number of aryl methyl sites for hydroxylation is 1. The standard InChI is InChI=1S/C7H9ClN2O/c1-6-3-2-4-7(9-6)10(11)5-8/h2-4,11H,5H2,1H3. The molecule has 11 heavy (non-hydrogen) atoms. The first kappa shape index (κ1) is 8.30. The van der Waals surface area contributed by atoms with E-state index in [-0.39, 0.29) is 6.00 Å². The SMILES string of the molecule is Cc1cccc(N(O)CCl)n1. The van der Waals surface area contributed by atoms with E-state index in [9.17, 15) is 0 Å². The van der Waals surface area contributed by atoms with Crippen molar-refractivity contribution in [3.05, 3.63) is 23.9 Å². The molecule has 0 atom stereocenters. The zero-order valence-corrected chi connectivity index (χ0v) is 6.91. The van der Waals surface area contributed by atoms with Gasteiger partial charge in [-0.25, -0.2) is 10.0 Å². The van der Waals surface area contributed by atoms with Crippen LogP contribution < -0.4 is 5.06 Å². The lowest BCUT2D eigenvalue weighted by Gasteiger charge is -2.11. The second kappa shape index (κ2) is 3.55. The molecule has 1 aromatic heterocycles. The number of hydroxylamine groups is 1. The number of anilines is 1. The summed E-state index contributed by atoms with van der Waals surface area (Å²) in [6.45, 7) is 1.85. The first-order valence-electron chi connectivity index (χ1n) is 3.20. The van der Waals surface area contributed by atoms with Crippen LogP contribution in [0, 0.1) is 6.92 Å². The lowest BCUT2D eigenvalue weighted by Crippen LogP contribution is -2.16. The lowest BCUT2D eigenvalue weighted by atomic mass is 10.4. The summed E-state index contributed by atoms with van der Waals surface area (Å²) >= 11 is 5.37. The van der Waals surface area contributed by atoms with Gasteiger partial charge in [-0.05, 0) is 19.1 Å². The summed E-state index contributed by atoms with van der Waals surface area (Å²) < 4.78 is 0. The van der Waals surface area contributed by atoms with Gasteiger partial charge in [0.2, 0.25) is 0 Å².